The van der Waals surface area contributed by atoms with Crippen LogP contribution in [0.15, 0.2) is 30.3 Å². The van der Waals surface area contributed by atoms with E-state index in [0.717, 1.165) is 5.56 Å². The Bertz CT molecular complexity index is 572. The van der Waals surface area contributed by atoms with Crippen molar-refractivity contribution in [1.82, 2.24) is 5.32 Å². The Kier molecular flexibility index (Phi) is 6.58. The van der Waals surface area contributed by atoms with Gasteiger partial charge < -0.3 is 14.8 Å². The van der Waals surface area contributed by atoms with Gasteiger partial charge in [0.25, 0.3) is 0 Å². The summed E-state index contributed by atoms with van der Waals surface area (Å²) in [6, 6.07) is 10.3. The first-order chi connectivity index (χ1) is 10.8. The van der Waals surface area contributed by atoms with E-state index >= 15 is 0 Å². The molecular formula is C17H22N2O4. The topological polar surface area (TPSA) is 88.4 Å². The Labute approximate surface area is 136 Å². The number of hydrogen-bond donors (Lipinski definition) is 1. The fourth-order valence-electron chi connectivity index (χ4n) is 1.99. The summed E-state index contributed by atoms with van der Waals surface area (Å²) in [7, 11) is 1.23. The van der Waals surface area contributed by atoms with Gasteiger partial charge in [0.05, 0.1) is 19.1 Å². The molecule has 124 valence electrons. The van der Waals surface area contributed by atoms with Crippen LogP contribution in [0.2, 0.25) is 0 Å². The number of hydrogen-bond acceptors (Lipinski definition) is 5. The summed E-state index contributed by atoms with van der Waals surface area (Å²) >= 11 is 0. The first-order valence-electron chi connectivity index (χ1n) is 7.28. The van der Waals surface area contributed by atoms with Gasteiger partial charge in [0.2, 0.25) is 0 Å². The Hall–Kier alpha value is -2.55. The smallest absolute Gasteiger partial charge is 0.408 e. The zero-order valence-corrected chi connectivity index (χ0v) is 13.8. The van der Waals surface area contributed by atoms with Crippen LogP contribution in [0.5, 0.6) is 0 Å². The molecule has 0 saturated heterocycles. The van der Waals surface area contributed by atoms with Crippen LogP contribution in [0.4, 0.5) is 4.79 Å². The van der Waals surface area contributed by atoms with E-state index in [2.05, 4.69) is 11.4 Å². The van der Waals surface area contributed by atoms with Crippen molar-refractivity contribution < 1.29 is 19.1 Å². The fraction of sp³-hybridized carbons (Fsp3) is 0.471. The maximum atomic E-state index is 11.9. The predicted octanol–water partition coefficient (Wildman–Crippen LogP) is 2.75. The molecule has 6 nitrogen and oxygen atoms in total. The summed E-state index contributed by atoms with van der Waals surface area (Å²) in [5.41, 5.74) is 0.0913. The van der Waals surface area contributed by atoms with Crippen LogP contribution in [0.25, 0.3) is 0 Å². The number of rotatable bonds is 5. The SMILES string of the molecule is COC(=O)C(CC(C#N)c1ccccc1)NC(=O)OC(C)(C)C. The number of nitriles is 1. The van der Waals surface area contributed by atoms with Crippen molar-refractivity contribution >= 4 is 12.1 Å². The molecule has 0 aromatic heterocycles. The van der Waals surface area contributed by atoms with Crippen LogP contribution in [0.1, 0.15) is 38.7 Å². The molecule has 1 aromatic carbocycles. The molecule has 0 aliphatic carbocycles. The van der Waals surface area contributed by atoms with Crippen molar-refractivity contribution in [1.29, 1.82) is 5.26 Å². The van der Waals surface area contributed by atoms with Gasteiger partial charge in [-0.1, -0.05) is 30.3 Å². The number of methoxy groups -OCH3 is 1. The van der Waals surface area contributed by atoms with Crippen molar-refractivity contribution in [2.75, 3.05) is 7.11 Å². The molecule has 0 fully saturated rings. The second kappa shape index (κ2) is 8.18. The number of amides is 1. The molecular weight excluding hydrogens is 296 g/mol. The first-order valence-corrected chi connectivity index (χ1v) is 7.28. The summed E-state index contributed by atoms with van der Waals surface area (Å²) in [4.78, 5) is 23.8. The average molecular weight is 318 g/mol. The Morgan fingerprint density at radius 1 is 1.26 bits per heavy atom. The lowest BCUT2D eigenvalue weighted by Gasteiger charge is -2.23. The minimum atomic E-state index is -0.959. The van der Waals surface area contributed by atoms with Gasteiger partial charge >= 0.3 is 12.1 Å². The average Bonchev–Trinajstić information content (AvgIpc) is 2.49. The molecule has 0 aliphatic rings. The number of alkyl carbamates (subject to hydrolysis) is 1. The molecule has 0 radical (unpaired) electrons. The van der Waals surface area contributed by atoms with Gasteiger partial charge in [-0.15, -0.1) is 0 Å². The van der Waals surface area contributed by atoms with E-state index in [4.69, 9.17) is 9.47 Å². The van der Waals surface area contributed by atoms with Crippen molar-refractivity contribution in [3.63, 3.8) is 0 Å². The molecule has 0 saturated carbocycles. The van der Waals surface area contributed by atoms with Crippen LogP contribution < -0.4 is 5.32 Å². The number of nitrogens with zero attached hydrogens (tertiary/aromatic N) is 1. The third-order valence-electron chi connectivity index (χ3n) is 3.01. The molecule has 1 N–H and O–H groups in total. The zero-order valence-electron chi connectivity index (χ0n) is 13.8. The molecule has 23 heavy (non-hydrogen) atoms. The van der Waals surface area contributed by atoms with Gasteiger partial charge in [-0.25, -0.2) is 9.59 Å². The third-order valence-corrected chi connectivity index (χ3v) is 3.01. The minimum Gasteiger partial charge on any atom is -0.467 e. The van der Waals surface area contributed by atoms with Crippen LogP contribution in [-0.2, 0) is 14.3 Å². The van der Waals surface area contributed by atoms with Gasteiger partial charge in [0, 0.05) is 0 Å². The van der Waals surface area contributed by atoms with Crippen LogP contribution in [-0.4, -0.2) is 30.8 Å². The lowest BCUT2D eigenvalue weighted by atomic mass is 9.93. The number of carbonyl (C=O) groups is 2. The number of ether oxygens (including phenoxy) is 2. The normalized spacial score (nSPS) is 13.3. The highest BCUT2D eigenvalue weighted by molar-refractivity contribution is 5.81. The largest absolute Gasteiger partial charge is 0.467 e. The van der Waals surface area contributed by atoms with E-state index in [9.17, 15) is 14.9 Å². The van der Waals surface area contributed by atoms with Crippen LogP contribution >= 0.6 is 0 Å². The van der Waals surface area contributed by atoms with E-state index in [1.165, 1.54) is 7.11 Å². The van der Waals surface area contributed by atoms with Crippen LogP contribution in [0, 0.1) is 11.3 Å². The number of nitrogens with one attached hydrogen (secondary N) is 1. The van der Waals surface area contributed by atoms with E-state index in [1.807, 2.05) is 18.2 Å². The van der Waals surface area contributed by atoms with Gasteiger partial charge in [-0.3, -0.25) is 0 Å². The molecule has 1 rings (SSSR count). The molecule has 0 spiro atoms. The maximum Gasteiger partial charge on any atom is 0.408 e. The molecule has 0 heterocycles. The van der Waals surface area contributed by atoms with Gasteiger partial charge in [0.1, 0.15) is 11.6 Å². The summed E-state index contributed by atoms with van der Waals surface area (Å²) in [5.74, 6) is -1.16. The Morgan fingerprint density at radius 3 is 2.35 bits per heavy atom. The number of esters is 1. The maximum absolute atomic E-state index is 11.9. The molecule has 1 amide bonds. The molecule has 2 unspecified atom stereocenters. The molecule has 0 aliphatic heterocycles. The Balaban J connectivity index is 2.84. The Morgan fingerprint density at radius 2 is 1.87 bits per heavy atom. The second-order valence-electron chi connectivity index (χ2n) is 6.05. The van der Waals surface area contributed by atoms with E-state index in [1.54, 1.807) is 32.9 Å². The van der Waals surface area contributed by atoms with E-state index in [-0.39, 0.29) is 6.42 Å². The van der Waals surface area contributed by atoms with Crippen molar-refractivity contribution in [3.8, 4) is 6.07 Å². The minimum absolute atomic E-state index is 0.104. The van der Waals surface area contributed by atoms with Gasteiger partial charge in [0.15, 0.2) is 0 Å². The van der Waals surface area contributed by atoms with Crippen molar-refractivity contribution in [2.45, 2.75) is 44.8 Å². The molecule has 1 aromatic rings. The van der Waals surface area contributed by atoms with Gasteiger partial charge in [-0.05, 0) is 32.8 Å². The highest BCUT2D eigenvalue weighted by Crippen LogP contribution is 2.21. The fourth-order valence-corrected chi connectivity index (χ4v) is 1.99. The van der Waals surface area contributed by atoms with Gasteiger partial charge in [-0.2, -0.15) is 5.26 Å². The predicted molar refractivity (Wildman–Crippen MR) is 84.6 cm³/mol. The number of benzene rings is 1. The van der Waals surface area contributed by atoms with E-state index < -0.39 is 29.6 Å². The van der Waals surface area contributed by atoms with Crippen molar-refractivity contribution in [2.24, 2.45) is 0 Å². The third kappa shape index (κ3) is 6.39. The lowest BCUT2D eigenvalue weighted by molar-refractivity contribution is -0.143. The highest BCUT2D eigenvalue weighted by atomic mass is 16.6. The second-order valence-corrected chi connectivity index (χ2v) is 6.05. The summed E-state index contributed by atoms with van der Waals surface area (Å²) in [5, 5.41) is 11.8. The molecule has 2 atom stereocenters. The first kappa shape index (κ1) is 18.5. The summed E-state index contributed by atoms with van der Waals surface area (Å²) in [6.07, 6.45) is -0.621. The number of carbonyl (C=O) groups excluding carboxylic acids is 2. The van der Waals surface area contributed by atoms with Crippen LogP contribution in [0.3, 0.4) is 0 Å². The van der Waals surface area contributed by atoms with Crippen molar-refractivity contribution in [3.05, 3.63) is 35.9 Å². The summed E-state index contributed by atoms with van der Waals surface area (Å²) < 4.78 is 9.85. The lowest BCUT2D eigenvalue weighted by Crippen LogP contribution is -2.44. The highest BCUT2D eigenvalue weighted by Gasteiger charge is 2.28. The summed E-state index contributed by atoms with van der Waals surface area (Å²) in [6.45, 7) is 5.17. The standard InChI is InChI=1S/C17H22N2O4/c1-17(2,3)23-16(21)19-14(15(20)22-4)10-13(11-18)12-8-6-5-7-9-12/h5-9,13-14H,10H2,1-4H3,(H,19,21). The zero-order chi connectivity index (χ0) is 17.5. The van der Waals surface area contributed by atoms with E-state index in [0.29, 0.717) is 0 Å². The quantitative estimate of drug-likeness (QED) is 0.843. The monoisotopic (exact) mass is 318 g/mol. The molecule has 6 heteroatoms. The molecule has 0 bridgehead atoms.